The number of hydrogen-bond acceptors (Lipinski definition) is 2. The molecule has 1 saturated heterocycles. The molecule has 1 heterocycles. The maximum absolute atomic E-state index is 5.78. The van der Waals surface area contributed by atoms with Crippen molar-refractivity contribution in [3.63, 3.8) is 0 Å². The lowest BCUT2D eigenvalue weighted by atomic mass is 9.80. The first kappa shape index (κ1) is 11.4. The standard InChI is InChI=1S/C13H26N2/c1-10(2)12-8-15(9-12)13-5-3-4-11(6-13)7-14/h10-13H,3-9,14H2,1-2H3. The summed E-state index contributed by atoms with van der Waals surface area (Å²) in [5.74, 6) is 2.64. The summed E-state index contributed by atoms with van der Waals surface area (Å²) in [6.07, 6.45) is 5.55. The molecule has 2 unspecified atom stereocenters. The zero-order chi connectivity index (χ0) is 10.8. The van der Waals surface area contributed by atoms with Crippen LogP contribution >= 0.6 is 0 Å². The van der Waals surface area contributed by atoms with E-state index in [1.807, 2.05) is 0 Å². The van der Waals surface area contributed by atoms with Crippen LogP contribution < -0.4 is 5.73 Å². The van der Waals surface area contributed by atoms with E-state index in [9.17, 15) is 0 Å². The molecule has 2 N–H and O–H groups in total. The van der Waals surface area contributed by atoms with Gasteiger partial charge in [-0.15, -0.1) is 0 Å². The zero-order valence-electron chi connectivity index (χ0n) is 10.3. The molecule has 0 bridgehead atoms. The summed E-state index contributed by atoms with van der Waals surface area (Å²) in [5.41, 5.74) is 5.78. The van der Waals surface area contributed by atoms with Gasteiger partial charge in [0, 0.05) is 19.1 Å². The van der Waals surface area contributed by atoms with Crippen LogP contribution in [0, 0.1) is 17.8 Å². The van der Waals surface area contributed by atoms with Crippen LogP contribution in [0.5, 0.6) is 0 Å². The molecule has 0 spiro atoms. The van der Waals surface area contributed by atoms with E-state index < -0.39 is 0 Å². The van der Waals surface area contributed by atoms with Gasteiger partial charge in [0.05, 0.1) is 0 Å². The number of hydrogen-bond donors (Lipinski definition) is 1. The van der Waals surface area contributed by atoms with Crippen molar-refractivity contribution in [2.75, 3.05) is 19.6 Å². The van der Waals surface area contributed by atoms with E-state index in [-0.39, 0.29) is 0 Å². The first-order chi connectivity index (χ1) is 7.20. The molecule has 0 amide bonds. The third-order valence-electron chi connectivity index (χ3n) is 4.49. The van der Waals surface area contributed by atoms with Gasteiger partial charge < -0.3 is 5.73 Å². The summed E-state index contributed by atoms with van der Waals surface area (Å²) < 4.78 is 0. The van der Waals surface area contributed by atoms with E-state index in [2.05, 4.69) is 18.7 Å². The van der Waals surface area contributed by atoms with Crippen LogP contribution in [-0.4, -0.2) is 30.6 Å². The van der Waals surface area contributed by atoms with Gasteiger partial charge in [-0.25, -0.2) is 0 Å². The highest BCUT2D eigenvalue weighted by atomic mass is 15.2. The van der Waals surface area contributed by atoms with Gasteiger partial charge in [0.2, 0.25) is 0 Å². The van der Waals surface area contributed by atoms with Crippen LogP contribution in [-0.2, 0) is 0 Å². The monoisotopic (exact) mass is 210 g/mol. The van der Waals surface area contributed by atoms with E-state index in [1.165, 1.54) is 38.8 Å². The number of likely N-dealkylation sites (tertiary alicyclic amines) is 1. The Bertz CT molecular complexity index is 197. The maximum atomic E-state index is 5.78. The van der Waals surface area contributed by atoms with E-state index in [0.29, 0.717) is 0 Å². The molecule has 2 aliphatic rings. The fourth-order valence-corrected chi connectivity index (χ4v) is 3.08. The predicted octanol–water partition coefficient (Wildman–Crippen LogP) is 2.09. The molecule has 0 aromatic heterocycles. The van der Waals surface area contributed by atoms with Crippen LogP contribution in [0.3, 0.4) is 0 Å². The van der Waals surface area contributed by atoms with Gasteiger partial charge in [-0.1, -0.05) is 20.3 Å². The van der Waals surface area contributed by atoms with Crippen molar-refractivity contribution in [1.82, 2.24) is 4.90 Å². The smallest absolute Gasteiger partial charge is 0.00986 e. The number of rotatable bonds is 3. The van der Waals surface area contributed by atoms with Gasteiger partial charge in [-0.3, -0.25) is 4.90 Å². The van der Waals surface area contributed by atoms with Crippen LogP contribution in [0.15, 0.2) is 0 Å². The third kappa shape index (κ3) is 2.54. The lowest BCUT2D eigenvalue weighted by Gasteiger charge is -2.48. The number of nitrogens with two attached hydrogens (primary N) is 1. The summed E-state index contributed by atoms with van der Waals surface area (Å²) in [6.45, 7) is 8.30. The number of nitrogens with zero attached hydrogens (tertiary/aromatic N) is 1. The Hall–Kier alpha value is -0.0800. The molecule has 2 fully saturated rings. The minimum Gasteiger partial charge on any atom is -0.330 e. The Kier molecular flexibility index (Phi) is 3.68. The maximum Gasteiger partial charge on any atom is 0.00986 e. The molecule has 2 heteroatoms. The fourth-order valence-electron chi connectivity index (χ4n) is 3.08. The van der Waals surface area contributed by atoms with Gasteiger partial charge in [0.1, 0.15) is 0 Å². The fraction of sp³-hybridized carbons (Fsp3) is 1.00. The summed E-state index contributed by atoms with van der Waals surface area (Å²) in [5, 5.41) is 0. The zero-order valence-corrected chi connectivity index (χ0v) is 10.3. The largest absolute Gasteiger partial charge is 0.330 e. The van der Waals surface area contributed by atoms with Crippen molar-refractivity contribution < 1.29 is 0 Å². The van der Waals surface area contributed by atoms with Crippen molar-refractivity contribution >= 4 is 0 Å². The molecular weight excluding hydrogens is 184 g/mol. The van der Waals surface area contributed by atoms with Gasteiger partial charge in [-0.05, 0) is 43.6 Å². The second-order valence-electron chi connectivity index (χ2n) is 5.88. The van der Waals surface area contributed by atoms with Crippen molar-refractivity contribution in [3.8, 4) is 0 Å². The highest BCUT2D eigenvalue weighted by molar-refractivity contribution is 4.89. The van der Waals surface area contributed by atoms with Crippen LogP contribution in [0.1, 0.15) is 39.5 Å². The van der Waals surface area contributed by atoms with Gasteiger partial charge in [0.15, 0.2) is 0 Å². The highest BCUT2D eigenvalue weighted by Gasteiger charge is 2.35. The molecule has 2 rings (SSSR count). The minimum atomic E-state index is 0.807. The molecule has 1 saturated carbocycles. The second kappa shape index (κ2) is 4.84. The minimum absolute atomic E-state index is 0.807. The molecule has 1 aliphatic heterocycles. The van der Waals surface area contributed by atoms with Crippen molar-refractivity contribution in [2.24, 2.45) is 23.5 Å². The van der Waals surface area contributed by atoms with E-state index in [4.69, 9.17) is 5.73 Å². The molecule has 2 nitrogen and oxygen atoms in total. The van der Waals surface area contributed by atoms with Crippen molar-refractivity contribution in [2.45, 2.75) is 45.6 Å². The molecular formula is C13H26N2. The summed E-state index contributed by atoms with van der Waals surface area (Å²) in [7, 11) is 0. The summed E-state index contributed by atoms with van der Waals surface area (Å²) in [6, 6.07) is 0.863. The van der Waals surface area contributed by atoms with Crippen molar-refractivity contribution in [3.05, 3.63) is 0 Å². The first-order valence-electron chi connectivity index (χ1n) is 6.64. The molecule has 2 atom stereocenters. The average molecular weight is 210 g/mol. The lowest BCUT2D eigenvalue weighted by molar-refractivity contribution is 0.00530. The Morgan fingerprint density at radius 2 is 2.00 bits per heavy atom. The van der Waals surface area contributed by atoms with Gasteiger partial charge in [0.25, 0.3) is 0 Å². The van der Waals surface area contributed by atoms with Crippen LogP contribution in [0.2, 0.25) is 0 Å². The Morgan fingerprint density at radius 3 is 2.60 bits per heavy atom. The summed E-state index contributed by atoms with van der Waals surface area (Å²) >= 11 is 0. The molecule has 0 aromatic rings. The average Bonchev–Trinajstić information content (AvgIpc) is 2.15. The molecule has 1 aliphatic carbocycles. The van der Waals surface area contributed by atoms with E-state index >= 15 is 0 Å². The van der Waals surface area contributed by atoms with Crippen molar-refractivity contribution in [1.29, 1.82) is 0 Å². The molecule has 0 radical (unpaired) electrons. The third-order valence-corrected chi connectivity index (χ3v) is 4.49. The Balaban J connectivity index is 1.76. The summed E-state index contributed by atoms with van der Waals surface area (Å²) in [4.78, 5) is 2.70. The predicted molar refractivity (Wildman–Crippen MR) is 64.7 cm³/mol. The van der Waals surface area contributed by atoms with Crippen LogP contribution in [0.25, 0.3) is 0 Å². The van der Waals surface area contributed by atoms with E-state index in [0.717, 1.165) is 30.3 Å². The topological polar surface area (TPSA) is 29.3 Å². The van der Waals surface area contributed by atoms with Gasteiger partial charge >= 0.3 is 0 Å². The molecule has 88 valence electrons. The van der Waals surface area contributed by atoms with Gasteiger partial charge in [-0.2, -0.15) is 0 Å². The molecule has 0 aromatic carbocycles. The first-order valence-corrected chi connectivity index (χ1v) is 6.64. The lowest BCUT2D eigenvalue weighted by Crippen LogP contribution is -2.55. The Labute approximate surface area is 94.2 Å². The van der Waals surface area contributed by atoms with Crippen LogP contribution in [0.4, 0.5) is 0 Å². The normalized spacial score (nSPS) is 34.4. The Morgan fingerprint density at radius 1 is 1.27 bits per heavy atom. The van der Waals surface area contributed by atoms with E-state index in [1.54, 1.807) is 0 Å². The quantitative estimate of drug-likeness (QED) is 0.773. The highest BCUT2D eigenvalue weighted by Crippen LogP contribution is 2.33. The SMILES string of the molecule is CC(C)C1CN(C2CCCC(CN)C2)C1. The second-order valence-corrected chi connectivity index (χ2v) is 5.88. The molecule has 15 heavy (non-hydrogen) atoms.